The van der Waals surface area contributed by atoms with E-state index in [1.165, 1.54) is 12.1 Å². The molecule has 5 heteroatoms. The molecule has 0 saturated heterocycles. The predicted molar refractivity (Wildman–Crippen MR) is 103 cm³/mol. The Hall–Kier alpha value is -1.33. The topological polar surface area (TPSA) is 29.4 Å². The molecule has 0 amide bonds. The van der Waals surface area contributed by atoms with Crippen LogP contribution in [0.5, 0.6) is 0 Å². The Kier molecular flexibility index (Phi) is 6.47. The van der Waals surface area contributed by atoms with E-state index < -0.39 is 15.7 Å². The fourth-order valence-corrected chi connectivity index (χ4v) is 3.26. The molecule has 0 radical (unpaired) electrons. The minimum absolute atomic E-state index is 0.317. The van der Waals surface area contributed by atoms with Crippen LogP contribution in [0.15, 0.2) is 57.4 Å². The number of hydrogen-bond acceptors (Lipinski definition) is 1. The van der Waals surface area contributed by atoms with Crippen molar-refractivity contribution in [2.24, 2.45) is 4.40 Å². The largest absolute Gasteiger partial charge is 0.234 e. The van der Waals surface area contributed by atoms with Crippen LogP contribution in [0.1, 0.15) is 38.3 Å². The van der Waals surface area contributed by atoms with Gasteiger partial charge in [0, 0.05) is 4.47 Å². The number of hydrogen-bond donors (Lipinski definition) is 0. The number of aryl methyl sites for hydroxylation is 1. The molecular formula is C19H21BrFNOS. The first kappa shape index (κ1) is 19.0. The number of halogens is 2. The maximum absolute atomic E-state index is 13.6. The molecule has 0 N–H and O–H groups in total. The zero-order valence-electron chi connectivity index (χ0n) is 14.1. The predicted octanol–water partition coefficient (Wildman–Crippen LogP) is 5.47. The smallest absolute Gasteiger partial charge is 0.145 e. The first-order chi connectivity index (χ1) is 11.3. The van der Waals surface area contributed by atoms with Gasteiger partial charge in [-0.05, 0) is 62.9 Å². The molecule has 1 unspecified atom stereocenters. The molecule has 2 aromatic rings. The van der Waals surface area contributed by atoms with Crippen molar-refractivity contribution in [1.82, 2.24) is 0 Å². The summed E-state index contributed by atoms with van der Waals surface area (Å²) >= 11 is 3.54. The van der Waals surface area contributed by atoms with Crippen LogP contribution >= 0.6 is 15.9 Å². The molecule has 2 nitrogen and oxygen atoms in total. The second-order valence-electron chi connectivity index (χ2n) is 6.50. The highest BCUT2D eigenvalue weighted by Gasteiger charge is 2.20. The Bertz CT molecular complexity index is 768. The summed E-state index contributed by atoms with van der Waals surface area (Å²) in [5.74, 6) is -0.317. The second-order valence-corrected chi connectivity index (χ2v) is 9.26. The lowest BCUT2D eigenvalue weighted by atomic mass is 10.0. The summed E-state index contributed by atoms with van der Waals surface area (Å²) in [6, 6.07) is 14.3. The average Bonchev–Trinajstić information content (AvgIpc) is 2.51. The first-order valence-electron chi connectivity index (χ1n) is 7.76. The summed E-state index contributed by atoms with van der Waals surface area (Å²) in [4.78, 5) is 0. The van der Waals surface area contributed by atoms with Crippen LogP contribution in [-0.4, -0.2) is 14.7 Å². The highest BCUT2D eigenvalue weighted by molar-refractivity contribution is 9.10. The van der Waals surface area contributed by atoms with E-state index in [-0.39, 0.29) is 5.82 Å². The Morgan fingerprint density at radius 2 is 1.88 bits per heavy atom. The number of rotatable bonds is 5. The van der Waals surface area contributed by atoms with Crippen molar-refractivity contribution in [3.8, 4) is 0 Å². The SMILES string of the molecule is CC(C)(C)S(=O)/N=C(/CCc1ccccc1Br)c1cccc(F)c1. The molecule has 0 aliphatic carbocycles. The van der Waals surface area contributed by atoms with E-state index in [1.807, 2.05) is 51.1 Å². The monoisotopic (exact) mass is 409 g/mol. The number of nitrogens with zero attached hydrogens (tertiary/aromatic N) is 1. The standard InChI is InChI=1S/C19H21BrFNOS/c1-19(2,3)24(23)22-18(15-8-6-9-16(21)13-15)12-11-14-7-4-5-10-17(14)20/h4-10,13H,11-12H2,1-3H3/b22-18-. The van der Waals surface area contributed by atoms with Crippen molar-refractivity contribution in [3.05, 3.63) is 69.9 Å². The van der Waals surface area contributed by atoms with Crippen molar-refractivity contribution < 1.29 is 8.60 Å². The maximum Gasteiger partial charge on any atom is 0.145 e. The minimum atomic E-state index is -1.38. The Balaban J connectivity index is 2.31. The molecule has 24 heavy (non-hydrogen) atoms. The van der Waals surface area contributed by atoms with E-state index in [2.05, 4.69) is 20.3 Å². The van der Waals surface area contributed by atoms with Gasteiger partial charge in [0.1, 0.15) is 16.8 Å². The second kappa shape index (κ2) is 8.17. The summed E-state index contributed by atoms with van der Waals surface area (Å²) in [6.45, 7) is 5.64. The summed E-state index contributed by atoms with van der Waals surface area (Å²) < 4.78 is 31.0. The van der Waals surface area contributed by atoms with Gasteiger partial charge < -0.3 is 0 Å². The fourth-order valence-electron chi connectivity index (χ4n) is 2.10. The van der Waals surface area contributed by atoms with Gasteiger partial charge in [0.2, 0.25) is 0 Å². The zero-order valence-corrected chi connectivity index (χ0v) is 16.5. The molecule has 0 heterocycles. The van der Waals surface area contributed by atoms with Crippen LogP contribution in [0.3, 0.4) is 0 Å². The van der Waals surface area contributed by atoms with Gasteiger partial charge >= 0.3 is 0 Å². The van der Waals surface area contributed by atoms with Crippen molar-refractivity contribution >= 4 is 32.6 Å². The van der Waals surface area contributed by atoms with Crippen molar-refractivity contribution in [2.75, 3.05) is 0 Å². The van der Waals surface area contributed by atoms with Gasteiger partial charge in [-0.2, -0.15) is 4.40 Å². The van der Waals surface area contributed by atoms with Gasteiger partial charge in [-0.15, -0.1) is 0 Å². The van der Waals surface area contributed by atoms with E-state index in [0.717, 1.165) is 16.5 Å². The van der Waals surface area contributed by atoms with Gasteiger partial charge in [-0.3, -0.25) is 0 Å². The van der Waals surface area contributed by atoms with Crippen LogP contribution in [-0.2, 0) is 17.4 Å². The Morgan fingerprint density at radius 3 is 2.50 bits per heavy atom. The molecule has 0 aromatic heterocycles. The van der Waals surface area contributed by atoms with Crippen LogP contribution in [0, 0.1) is 5.82 Å². The van der Waals surface area contributed by atoms with Crippen molar-refractivity contribution in [1.29, 1.82) is 0 Å². The summed E-state index contributed by atoms with van der Waals surface area (Å²) in [7, 11) is -1.38. The quantitative estimate of drug-likeness (QED) is 0.601. The summed E-state index contributed by atoms with van der Waals surface area (Å²) in [6.07, 6.45) is 1.33. The van der Waals surface area contributed by atoms with Gasteiger partial charge in [-0.25, -0.2) is 8.60 Å². The van der Waals surface area contributed by atoms with Crippen LogP contribution < -0.4 is 0 Å². The Morgan fingerprint density at radius 1 is 1.17 bits per heavy atom. The van der Waals surface area contributed by atoms with E-state index in [0.29, 0.717) is 17.7 Å². The van der Waals surface area contributed by atoms with E-state index >= 15 is 0 Å². The molecule has 0 bridgehead atoms. The highest BCUT2D eigenvalue weighted by Crippen LogP contribution is 2.20. The van der Waals surface area contributed by atoms with Gasteiger partial charge in [0.15, 0.2) is 0 Å². The third-order valence-corrected chi connectivity index (χ3v) is 5.67. The van der Waals surface area contributed by atoms with E-state index in [4.69, 9.17) is 0 Å². The van der Waals surface area contributed by atoms with Crippen molar-refractivity contribution in [3.63, 3.8) is 0 Å². The van der Waals surface area contributed by atoms with Gasteiger partial charge in [-0.1, -0.05) is 46.3 Å². The minimum Gasteiger partial charge on any atom is -0.234 e. The molecule has 1 atom stereocenters. The lowest BCUT2D eigenvalue weighted by Gasteiger charge is -2.15. The number of benzene rings is 2. The van der Waals surface area contributed by atoms with E-state index in [1.54, 1.807) is 6.07 Å². The molecule has 0 fully saturated rings. The maximum atomic E-state index is 13.6. The summed E-state index contributed by atoms with van der Waals surface area (Å²) in [5, 5.41) is 0. The molecule has 0 aliphatic heterocycles. The highest BCUT2D eigenvalue weighted by atomic mass is 79.9. The lowest BCUT2D eigenvalue weighted by Crippen LogP contribution is -2.21. The summed E-state index contributed by atoms with van der Waals surface area (Å²) in [5.41, 5.74) is 2.49. The first-order valence-corrected chi connectivity index (χ1v) is 9.66. The molecule has 2 aromatic carbocycles. The fraction of sp³-hybridized carbons (Fsp3) is 0.316. The average molecular weight is 410 g/mol. The Labute approximate surface area is 153 Å². The molecule has 0 aliphatic rings. The van der Waals surface area contributed by atoms with Crippen LogP contribution in [0.25, 0.3) is 0 Å². The van der Waals surface area contributed by atoms with E-state index in [9.17, 15) is 8.60 Å². The lowest BCUT2D eigenvalue weighted by molar-refractivity contribution is 0.627. The molecule has 0 spiro atoms. The van der Waals surface area contributed by atoms with Gasteiger partial charge in [0.05, 0.1) is 10.5 Å². The van der Waals surface area contributed by atoms with Crippen molar-refractivity contribution in [2.45, 2.75) is 38.4 Å². The van der Waals surface area contributed by atoms with Crippen LogP contribution in [0.4, 0.5) is 4.39 Å². The third kappa shape index (κ3) is 5.35. The molecule has 128 valence electrons. The van der Waals surface area contributed by atoms with Crippen LogP contribution in [0.2, 0.25) is 0 Å². The molecular weight excluding hydrogens is 389 g/mol. The zero-order chi connectivity index (χ0) is 17.7. The van der Waals surface area contributed by atoms with Gasteiger partial charge in [0.25, 0.3) is 0 Å². The molecule has 2 rings (SSSR count). The normalized spacial score (nSPS) is 13.8. The third-order valence-electron chi connectivity index (χ3n) is 3.46. The molecule has 0 saturated carbocycles.